The normalized spacial score (nSPS) is 22.4. The highest BCUT2D eigenvalue weighted by Crippen LogP contribution is 2.21. The molecule has 2 aliphatic rings. The molecule has 0 radical (unpaired) electrons. The number of amides is 1. The SMILES string of the molecule is COc1ccccc1CN1CCN(C(=O)CC[C@@H]2CCCCN2C)CC1. The largest absolute Gasteiger partial charge is 0.496 e. The summed E-state index contributed by atoms with van der Waals surface area (Å²) in [5, 5.41) is 0. The summed E-state index contributed by atoms with van der Waals surface area (Å²) in [5.41, 5.74) is 1.22. The Morgan fingerprint density at radius 2 is 1.88 bits per heavy atom. The number of piperazine rings is 1. The second-order valence-electron chi connectivity index (χ2n) is 7.64. The Bertz CT molecular complexity index is 584. The van der Waals surface area contributed by atoms with Gasteiger partial charge in [-0.2, -0.15) is 0 Å². The van der Waals surface area contributed by atoms with E-state index in [0.717, 1.165) is 44.9 Å². The summed E-state index contributed by atoms with van der Waals surface area (Å²) in [4.78, 5) is 19.5. The third kappa shape index (κ3) is 4.98. The Morgan fingerprint density at radius 3 is 2.62 bits per heavy atom. The number of carbonyl (C=O) groups excluding carboxylic acids is 1. The van der Waals surface area contributed by atoms with Crippen LogP contribution in [0.2, 0.25) is 0 Å². The zero-order chi connectivity index (χ0) is 18.4. The molecule has 2 heterocycles. The molecule has 26 heavy (non-hydrogen) atoms. The van der Waals surface area contributed by atoms with Gasteiger partial charge in [-0.25, -0.2) is 0 Å². The third-order valence-electron chi connectivity index (χ3n) is 5.92. The van der Waals surface area contributed by atoms with Crippen molar-refractivity contribution in [1.29, 1.82) is 0 Å². The average Bonchev–Trinajstić information content (AvgIpc) is 2.68. The fourth-order valence-electron chi connectivity index (χ4n) is 4.19. The maximum Gasteiger partial charge on any atom is 0.222 e. The Morgan fingerprint density at radius 1 is 1.12 bits per heavy atom. The minimum atomic E-state index is 0.334. The molecule has 3 rings (SSSR count). The van der Waals surface area contributed by atoms with Crippen molar-refractivity contribution < 1.29 is 9.53 Å². The number of carbonyl (C=O) groups is 1. The highest BCUT2D eigenvalue weighted by atomic mass is 16.5. The Labute approximate surface area is 157 Å². The van der Waals surface area contributed by atoms with Crippen LogP contribution in [0.5, 0.6) is 5.75 Å². The Balaban J connectivity index is 1.42. The van der Waals surface area contributed by atoms with E-state index >= 15 is 0 Å². The van der Waals surface area contributed by atoms with E-state index in [1.807, 2.05) is 12.1 Å². The first kappa shape index (κ1) is 19.2. The number of methoxy groups -OCH3 is 1. The molecule has 1 amide bonds. The molecule has 2 aliphatic heterocycles. The van der Waals surface area contributed by atoms with E-state index in [0.29, 0.717) is 18.4 Å². The number of piperidine rings is 1. The number of para-hydroxylation sites is 1. The molecule has 0 saturated carbocycles. The van der Waals surface area contributed by atoms with Crippen LogP contribution < -0.4 is 4.74 Å². The van der Waals surface area contributed by atoms with Gasteiger partial charge in [0, 0.05) is 50.7 Å². The van der Waals surface area contributed by atoms with Gasteiger partial charge in [-0.1, -0.05) is 24.6 Å². The molecular weight excluding hydrogens is 326 g/mol. The summed E-state index contributed by atoms with van der Waals surface area (Å²) in [5.74, 6) is 1.28. The fourth-order valence-corrected chi connectivity index (χ4v) is 4.19. The first-order valence-corrected chi connectivity index (χ1v) is 9.99. The van der Waals surface area contributed by atoms with Crippen molar-refractivity contribution in [2.45, 2.75) is 44.7 Å². The first-order valence-electron chi connectivity index (χ1n) is 9.99. The van der Waals surface area contributed by atoms with Gasteiger partial charge in [0.25, 0.3) is 0 Å². The monoisotopic (exact) mass is 359 g/mol. The van der Waals surface area contributed by atoms with E-state index < -0.39 is 0 Å². The molecule has 1 aromatic carbocycles. The summed E-state index contributed by atoms with van der Waals surface area (Å²) in [7, 11) is 3.92. The van der Waals surface area contributed by atoms with Gasteiger partial charge >= 0.3 is 0 Å². The predicted octanol–water partition coefficient (Wildman–Crippen LogP) is 2.60. The minimum Gasteiger partial charge on any atom is -0.496 e. The van der Waals surface area contributed by atoms with Crippen molar-refractivity contribution in [3.05, 3.63) is 29.8 Å². The molecule has 1 atom stereocenters. The second-order valence-corrected chi connectivity index (χ2v) is 7.64. The van der Waals surface area contributed by atoms with Gasteiger partial charge in [0.15, 0.2) is 0 Å². The highest BCUT2D eigenvalue weighted by Gasteiger charge is 2.24. The number of nitrogens with zero attached hydrogens (tertiary/aromatic N) is 3. The van der Waals surface area contributed by atoms with Crippen LogP contribution in [0.3, 0.4) is 0 Å². The van der Waals surface area contributed by atoms with Gasteiger partial charge in [-0.3, -0.25) is 9.69 Å². The minimum absolute atomic E-state index is 0.334. The zero-order valence-corrected chi connectivity index (χ0v) is 16.3. The molecule has 2 saturated heterocycles. The van der Waals surface area contributed by atoms with Crippen LogP contribution in [0.4, 0.5) is 0 Å². The highest BCUT2D eigenvalue weighted by molar-refractivity contribution is 5.76. The molecule has 144 valence electrons. The van der Waals surface area contributed by atoms with Gasteiger partial charge in [0.2, 0.25) is 5.91 Å². The summed E-state index contributed by atoms with van der Waals surface area (Å²) in [6.45, 7) is 5.63. The van der Waals surface area contributed by atoms with Crippen LogP contribution in [0, 0.1) is 0 Å². The average molecular weight is 360 g/mol. The molecule has 1 aromatic rings. The number of rotatable bonds is 6. The second kappa shape index (κ2) is 9.38. The van der Waals surface area contributed by atoms with Crippen molar-refractivity contribution in [2.24, 2.45) is 0 Å². The maximum absolute atomic E-state index is 12.6. The number of hydrogen-bond donors (Lipinski definition) is 0. The molecule has 2 fully saturated rings. The van der Waals surface area contributed by atoms with Gasteiger partial charge in [0.1, 0.15) is 5.75 Å². The Hall–Kier alpha value is -1.59. The van der Waals surface area contributed by atoms with Crippen molar-refractivity contribution >= 4 is 5.91 Å². The van der Waals surface area contributed by atoms with E-state index in [9.17, 15) is 4.79 Å². The van der Waals surface area contributed by atoms with E-state index in [-0.39, 0.29) is 0 Å². The molecule has 5 heteroatoms. The third-order valence-corrected chi connectivity index (χ3v) is 5.92. The van der Waals surface area contributed by atoms with Crippen LogP contribution in [-0.4, -0.2) is 73.5 Å². The van der Waals surface area contributed by atoms with Crippen molar-refractivity contribution in [3.8, 4) is 5.75 Å². The summed E-state index contributed by atoms with van der Waals surface area (Å²) in [6, 6.07) is 8.79. The summed E-state index contributed by atoms with van der Waals surface area (Å²) >= 11 is 0. The maximum atomic E-state index is 12.6. The zero-order valence-electron chi connectivity index (χ0n) is 16.3. The number of ether oxygens (including phenoxy) is 1. The van der Waals surface area contributed by atoms with Gasteiger partial charge in [0.05, 0.1) is 7.11 Å². The molecular formula is C21H33N3O2. The van der Waals surface area contributed by atoms with E-state index in [2.05, 4.69) is 33.9 Å². The predicted molar refractivity (Wildman–Crippen MR) is 104 cm³/mol. The quantitative estimate of drug-likeness (QED) is 0.782. The van der Waals surface area contributed by atoms with E-state index in [1.54, 1.807) is 7.11 Å². The topological polar surface area (TPSA) is 36.0 Å². The summed E-state index contributed by atoms with van der Waals surface area (Å²) in [6.07, 6.45) is 5.56. The van der Waals surface area contributed by atoms with E-state index in [1.165, 1.54) is 31.4 Å². The lowest BCUT2D eigenvalue weighted by Crippen LogP contribution is -2.48. The van der Waals surface area contributed by atoms with Crippen molar-refractivity contribution in [3.63, 3.8) is 0 Å². The van der Waals surface area contributed by atoms with Crippen LogP contribution in [0.15, 0.2) is 24.3 Å². The summed E-state index contributed by atoms with van der Waals surface area (Å²) < 4.78 is 5.45. The molecule has 0 bridgehead atoms. The molecule has 5 nitrogen and oxygen atoms in total. The van der Waals surface area contributed by atoms with Crippen LogP contribution in [-0.2, 0) is 11.3 Å². The lowest BCUT2D eigenvalue weighted by Gasteiger charge is -2.36. The Kier molecular flexibility index (Phi) is 6.92. The van der Waals surface area contributed by atoms with E-state index in [4.69, 9.17) is 4.74 Å². The van der Waals surface area contributed by atoms with Gasteiger partial charge in [-0.15, -0.1) is 0 Å². The van der Waals surface area contributed by atoms with Crippen LogP contribution in [0.1, 0.15) is 37.7 Å². The first-order chi connectivity index (χ1) is 12.7. The van der Waals surface area contributed by atoms with Gasteiger partial charge < -0.3 is 14.5 Å². The molecule has 0 aliphatic carbocycles. The van der Waals surface area contributed by atoms with Crippen molar-refractivity contribution in [2.75, 3.05) is 46.9 Å². The number of benzene rings is 1. The number of likely N-dealkylation sites (tertiary alicyclic amines) is 1. The standard InChI is InChI=1S/C21H33N3O2/c1-22-12-6-5-8-19(22)10-11-21(25)24-15-13-23(14-16-24)17-18-7-3-4-9-20(18)26-2/h3-4,7,9,19H,5-6,8,10-17H2,1-2H3/t19-/m0/s1. The van der Waals surface area contributed by atoms with Crippen molar-refractivity contribution in [1.82, 2.24) is 14.7 Å². The lowest BCUT2D eigenvalue weighted by atomic mass is 9.98. The molecule has 0 N–H and O–H groups in total. The van der Waals surface area contributed by atoms with Crippen LogP contribution >= 0.6 is 0 Å². The molecule has 0 unspecified atom stereocenters. The van der Waals surface area contributed by atoms with Crippen LogP contribution in [0.25, 0.3) is 0 Å². The lowest BCUT2D eigenvalue weighted by molar-refractivity contribution is -0.133. The molecule has 0 aromatic heterocycles. The smallest absolute Gasteiger partial charge is 0.222 e. The number of hydrogen-bond acceptors (Lipinski definition) is 4. The molecule has 0 spiro atoms. The fraction of sp³-hybridized carbons (Fsp3) is 0.667. The van der Waals surface area contributed by atoms with Gasteiger partial charge in [-0.05, 0) is 38.9 Å².